The van der Waals surface area contributed by atoms with Gasteiger partial charge in [0.1, 0.15) is 0 Å². The van der Waals surface area contributed by atoms with Crippen LogP contribution in [0.5, 0.6) is 0 Å². The summed E-state index contributed by atoms with van der Waals surface area (Å²) in [6.45, 7) is 2.59. The lowest BCUT2D eigenvalue weighted by Crippen LogP contribution is -1.98. The van der Waals surface area contributed by atoms with E-state index in [1.54, 1.807) is 0 Å². The van der Waals surface area contributed by atoms with E-state index in [2.05, 4.69) is 0 Å². The molecule has 0 unspecified atom stereocenters. The molecule has 4 nitrogen and oxygen atoms in total. The molecule has 0 aromatic heterocycles. The Morgan fingerprint density at radius 3 is 1.44 bits per heavy atom. The van der Waals surface area contributed by atoms with Crippen molar-refractivity contribution in [2.24, 2.45) is 0 Å². The average molecular weight is 224 g/mol. The first-order chi connectivity index (χ1) is 7.91. The number of hydrogen-bond donors (Lipinski definition) is 0. The van der Waals surface area contributed by atoms with Crippen molar-refractivity contribution in [1.29, 1.82) is 10.5 Å². The van der Waals surface area contributed by atoms with E-state index >= 15 is 0 Å². The van der Waals surface area contributed by atoms with Crippen LogP contribution >= 0.6 is 0 Å². The van der Waals surface area contributed by atoms with Crippen LogP contribution in [0, 0.1) is 22.7 Å². The van der Waals surface area contributed by atoms with Gasteiger partial charge in [0.25, 0.3) is 0 Å². The third kappa shape index (κ3) is 12.9. The minimum Gasteiger partial charge on any atom is -0.380 e. The maximum absolute atomic E-state index is 8.26. The highest BCUT2D eigenvalue weighted by Gasteiger charge is 1.92. The number of ether oxygens (including phenoxy) is 2. The standard InChI is InChI=1S/C12H20N2O2/c13-7-5-11-15-9-3-1-2-4-10-16-12-6-8-14/h1-6,9-12H2. The maximum atomic E-state index is 8.26. The number of nitriles is 2. The van der Waals surface area contributed by atoms with Crippen LogP contribution < -0.4 is 0 Å². The molecule has 90 valence electrons. The third-order valence-corrected chi connectivity index (χ3v) is 2.04. The molecule has 0 fully saturated rings. The highest BCUT2D eigenvalue weighted by atomic mass is 16.5. The van der Waals surface area contributed by atoms with Crippen molar-refractivity contribution in [2.45, 2.75) is 38.5 Å². The second-order valence-electron chi connectivity index (χ2n) is 3.46. The van der Waals surface area contributed by atoms with E-state index in [0.717, 1.165) is 38.9 Å². The van der Waals surface area contributed by atoms with Crippen molar-refractivity contribution in [3.8, 4) is 12.1 Å². The number of unbranched alkanes of at least 4 members (excludes halogenated alkanes) is 3. The van der Waals surface area contributed by atoms with E-state index < -0.39 is 0 Å². The monoisotopic (exact) mass is 224 g/mol. The van der Waals surface area contributed by atoms with Gasteiger partial charge < -0.3 is 9.47 Å². The first kappa shape index (κ1) is 14.9. The smallest absolute Gasteiger partial charge is 0.0645 e. The lowest BCUT2D eigenvalue weighted by atomic mass is 10.2. The van der Waals surface area contributed by atoms with Gasteiger partial charge in [-0.1, -0.05) is 12.8 Å². The molecule has 0 amide bonds. The summed E-state index contributed by atoms with van der Waals surface area (Å²) in [5.74, 6) is 0. The zero-order valence-electron chi connectivity index (χ0n) is 9.78. The van der Waals surface area contributed by atoms with Gasteiger partial charge in [0.2, 0.25) is 0 Å². The summed E-state index contributed by atoms with van der Waals surface area (Å²) in [7, 11) is 0. The SMILES string of the molecule is N#CCCOCCCCCCOCCC#N. The maximum Gasteiger partial charge on any atom is 0.0645 e. The number of rotatable bonds is 11. The van der Waals surface area contributed by atoms with Crippen molar-refractivity contribution in [3.63, 3.8) is 0 Å². The fraction of sp³-hybridized carbons (Fsp3) is 0.833. The Balaban J connectivity index is 2.89. The molecule has 0 saturated carbocycles. The van der Waals surface area contributed by atoms with Crippen LogP contribution in [0.2, 0.25) is 0 Å². The van der Waals surface area contributed by atoms with E-state index in [9.17, 15) is 0 Å². The van der Waals surface area contributed by atoms with Crippen molar-refractivity contribution >= 4 is 0 Å². The molecule has 4 heteroatoms. The Morgan fingerprint density at radius 1 is 0.625 bits per heavy atom. The largest absolute Gasteiger partial charge is 0.380 e. The van der Waals surface area contributed by atoms with Crippen LogP contribution in [0.3, 0.4) is 0 Å². The van der Waals surface area contributed by atoms with Crippen LogP contribution in [0.15, 0.2) is 0 Å². The summed E-state index contributed by atoms with van der Waals surface area (Å²) in [6, 6.07) is 4.08. The zero-order valence-corrected chi connectivity index (χ0v) is 9.78. The quantitative estimate of drug-likeness (QED) is 0.505. The van der Waals surface area contributed by atoms with Gasteiger partial charge in [0.05, 0.1) is 38.2 Å². The van der Waals surface area contributed by atoms with Crippen LogP contribution in [-0.4, -0.2) is 26.4 Å². The molecule has 0 bridgehead atoms. The summed E-state index contributed by atoms with van der Waals surface area (Å²) in [5, 5.41) is 16.5. The number of nitrogens with zero attached hydrogens (tertiary/aromatic N) is 2. The molecule has 0 radical (unpaired) electrons. The third-order valence-electron chi connectivity index (χ3n) is 2.04. The first-order valence-corrected chi connectivity index (χ1v) is 5.81. The molecular formula is C12H20N2O2. The zero-order chi connectivity index (χ0) is 11.9. The highest BCUT2D eigenvalue weighted by molar-refractivity contribution is 4.67. The Hall–Kier alpha value is -1.10. The Kier molecular flexibility index (Phi) is 12.9. The molecule has 0 rings (SSSR count). The van der Waals surface area contributed by atoms with Gasteiger partial charge in [-0.15, -0.1) is 0 Å². The summed E-state index contributed by atoms with van der Waals surface area (Å²) in [6.07, 6.45) is 5.31. The van der Waals surface area contributed by atoms with Gasteiger partial charge in [-0.25, -0.2) is 0 Å². The van der Waals surface area contributed by atoms with Gasteiger partial charge in [-0.05, 0) is 12.8 Å². The minimum absolute atomic E-state index is 0.479. The Morgan fingerprint density at radius 2 is 1.06 bits per heavy atom. The van der Waals surface area contributed by atoms with Gasteiger partial charge in [0.15, 0.2) is 0 Å². The lowest BCUT2D eigenvalue weighted by molar-refractivity contribution is 0.126. The van der Waals surface area contributed by atoms with Gasteiger partial charge in [-0.2, -0.15) is 10.5 Å². The molecule has 0 atom stereocenters. The normalized spacial score (nSPS) is 9.62. The molecule has 0 spiro atoms. The molecule has 0 aliphatic carbocycles. The van der Waals surface area contributed by atoms with Crippen molar-refractivity contribution in [2.75, 3.05) is 26.4 Å². The predicted molar refractivity (Wildman–Crippen MR) is 60.6 cm³/mol. The van der Waals surface area contributed by atoms with Crippen molar-refractivity contribution < 1.29 is 9.47 Å². The van der Waals surface area contributed by atoms with E-state index in [-0.39, 0.29) is 0 Å². The van der Waals surface area contributed by atoms with Crippen LogP contribution in [0.25, 0.3) is 0 Å². The van der Waals surface area contributed by atoms with Gasteiger partial charge in [0, 0.05) is 13.2 Å². The molecular weight excluding hydrogens is 204 g/mol. The first-order valence-electron chi connectivity index (χ1n) is 5.81. The average Bonchev–Trinajstić information content (AvgIpc) is 2.31. The van der Waals surface area contributed by atoms with Gasteiger partial charge >= 0.3 is 0 Å². The molecule has 0 N–H and O–H groups in total. The van der Waals surface area contributed by atoms with E-state index in [1.165, 1.54) is 0 Å². The van der Waals surface area contributed by atoms with Crippen LogP contribution in [0.1, 0.15) is 38.5 Å². The summed E-state index contributed by atoms with van der Waals surface area (Å²) in [4.78, 5) is 0. The molecule has 0 aromatic rings. The summed E-state index contributed by atoms with van der Waals surface area (Å²) >= 11 is 0. The number of hydrogen-bond acceptors (Lipinski definition) is 4. The second kappa shape index (κ2) is 13.9. The fourth-order valence-electron chi connectivity index (χ4n) is 1.20. The molecule has 0 saturated heterocycles. The van der Waals surface area contributed by atoms with Crippen molar-refractivity contribution in [3.05, 3.63) is 0 Å². The minimum atomic E-state index is 0.479. The van der Waals surface area contributed by atoms with Gasteiger partial charge in [-0.3, -0.25) is 0 Å². The molecule has 0 heterocycles. The molecule has 0 aliphatic rings. The summed E-state index contributed by atoms with van der Waals surface area (Å²) in [5.41, 5.74) is 0. The van der Waals surface area contributed by atoms with Crippen LogP contribution in [-0.2, 0) is 9.47 Å². The van der Waals surface area contributed by atoms with Crippen LogP contribution in [0.4, 0.5) is 0 Å². The molecule has 16 heavy (non-hydrogen) atoms. The van der Waals surface area contributed by atoms with Crippen molar-refractivity contribution in [1.82, 2.24) is 0 Å². The second-order valence-corrected chi connectivity index (χ2v) is 3.46. The van der Waals surface area contributed by atoms with E-state index in [1.807, 2.05) is 12.1 Å². The topological polar surface area (TPSA) is 66.0 Å². The Bertz CT molecular complexity index is 194. The van der Waals surface area contributed by atoms with E-state index in [4.69, 9.17) is 20.0 Å². The highest BCUT2D eigenvalue weighted by Crippen LogP contribution is 2.00. The fourth-order valence-corrected chi connectivity index (χ4v) is 1.20. The Labute approximate surface area is 97.8 Å². The lowest BCUT2D eigenvalue weighted by Gasteiger charge is -2.03. The van der Waals surface area contributed by atoms with E-state index in [0.29, 0.717) is 26.1 Å². The molecule has 0 aliphatic heterocycles. The molecule has 0 aromatic carbocycles. The predicted octanol–water partition coefficient (Wildman–Crippen LogP) is 2.41. The summed E-state index contributed by atoms with van der Waals surface area (Å²) < 4.78 is 10.5.